The summed E-state index contributed by atoms with van der Waals surface area (Å²) in [4.78, 5) is 20.6. The number of hydrogen-bond acceptors (Lipinski definition) is 8. The highest BCUT2D eigenvalue weighted by molar-refractivity contribution is 7.89. The summed E-state index contributed by atoms with van der Waals surface area (Å²) in [6.45, 7) is 7.07. The van der Waals surface area contributed by atoms with Gasteiger partial charge in [-0.25, -0.2) is 13.4 Å². The van der Waals surface area contributed by atoms with Gasteiger partial charge in [0.05, 0.1) is 11.7 Å². The Balaban J connectivity index is 1.38. The van der Waals surface area contributed by atoms with Crippen LogP contribution in [-0.4, -0.2) is 42.0 Å². The van der Waals surface area contributed by atoms with E-state index in [0.717, 1.165) is 36.6 Å². The Kier molecular flexibility index (Phi) is 6.42. The maximum absolute atomic E-state index is 12.6. The Morgan fingerprint density at radius 2 is 2.03 bits per heavy atom. The first-order valence-electron chi connectivity index (χ1n) is 10.2. The molecule has 0 fully saturated rings. The third-order valence-electron chi connectivity index (χ3n) is 5.25. The number of carbonyl (C=O) groups is 1. The Morgan fingerprint density at radius 1 is 1.28 bits per heavy atom. The van der Waals surface area contributed by atoms with Crippen molar-refractivity contribution in [3.8, 4) is 0 Å². The average Bonchev–Trinajstić information content (AvgIpc) is 3.30. The molecule has 0 spiro atoms. The first-order valence-corrected chi connectivity index (χ1v) is 12.5. The van der Waals surface area contributed by atoms with E-state index in [-0.39, 0.29) is 16.3 Å². The van der Waals surface area contributed by atoms with E-state index in [2.05, 4.69) is 37.2 Å². The number of nitrogens with one attached hydrogen (secondary N) is 2. The third-order valence-corrected chi connectivity index (χ3v) is 8.03. The molecule has 11 heteroatoms. The van der Waals surface area contributed by atoms with Crippen molar-refractivity contribution in [2.45, 2.75) is 51.2 Å². The van der Waals surface area contributed by atoms with Crippen LogP contribution in [0.1, 0.15) is 34.5 Å². The molecular weight excluding hydrogens is 450 g/mol. The van der Waals surface area contributed by atoms with E-state index >= 15 is 0 Å². The number of carbonyl (C=O) groups excluding carboxylic acids is 1. The highest BCUT2D eigenvalue weighted by atomic mass is 32.2. The van der Waals surface area contributed by atoms with Gasteiger partial charge in [-0.1, -0.05) is 35.5 Å². The highest BCUT2D eigenvalue weighted by Gasteiger charge is 2.29. The number of fused-ring (bicyclic) bond motifs is 1. The number of aromatic nitrogens is 2. The summed E-state index contributed by atoms with van der Waals surface area (Å²) in [7, 11) is -3.94. The molecule has 1 aromatic carbocycles. The quantitative estimate of drug-likeness (QED) is 0.539. The number of amides is 1. The third kappa shape index (κ3) is 4.90. The minimum Gasteiger partial charge on any atom is -0.360 e. The van der Waals surface area contributed by atoms with Gasteiger partial charge in [-0.2, -0.15) is 4.72 Å². The number of anilines is 1. The molecule has 9 nitrogen and oxygen atoms in total. The summed E-state index contributed by atoms with van der Waals surface area (Å²) >= 11 is 1.43. The zero-order valence-corrected chi connectivity index (χ0v) is 19.7. The number of thiazole rings is 1. The minimum atomic E-state index is -3.94. The Labute approximate surface area is 190 Å². The van der Waals surface area contributed by atoms with Crippen molar-refractivity contribution in [2.75, 3.05) is 11.9 Å². The number of nitrogens with zero attached hydrogens (tertiary/aromatic N) is 3. The molecule has 0 aliphatic carbocycles. The van der Waals surface area contributed by atoms with Crippen LogP contribution in [0, 0.1) is 13.8 Å². The fourth-order valence-electron chi connectivity index (χ4n) is 3.70. The van der Waals surface area contributed by atoms with E-state index in [1.165, 1.54) is 37.7 Å². The summed E-state index contributed by atoms with van der Waals surface area (Å²) in [5.74, 6) is -0.303. The largest absolute Gasteiger partial charge is 0.360 e. The molecule has 0 saturated carbocycles. The number of hydrogen-bond donors (Lipinski definition) is 2. The van der Waals surface area contributed by atoms with E-state index in [9.17, 15) is 13.2 Å². The summed E-state index contributed by atoms with van der Waals surface area (Å²) in [5, 5.41) is 6.89. The Morgan fingerprint density at radius 3 is 2.72 bits per heavy atom. The van der Waals surface area contributed by atoms with Crippen molar-refractivity contribution >= 4 is 32.4 Å². The van der Waals surface area contributed by atoms with Crippen LogP contribution < -0.4 is 10.0 Å². The van der Waals surface area contributed by atoms with Crippen molar-refractivity contribution in [2.24, 2.45) is 0 Å². The van der Waals surface area contributed by atoms with Gasteiger partial charge in [0.25, 0.3) is 0 Å². The molecule has 0 bridgehead atoms. The van der Waals surface area contributed by atoms with Crippen LogP contribution in [0.3, 0.4) is 0 Å². The van der Waals surface area contributed by atoms with Gasteiger partial charge in [-0.05, 0) is 26.3 Å². The molecule has 0 radical (unpaired) electrons. The second-order valence-corrected chi connectivity index (χ2v) is 10.6. The molecule has 1 aliphatic rings. The van der Waals surface area contributed by atoms with Gasteiger partial charge < -0.3 is 9.84 Å². The van der Waals surface area contributed by atoms with Crippen LogP contribution in [-0.2, 0) is 34.3 Å². The Hall–Kier alpha value is -2.60. The fourth-order valence-corrected chi connectivity index (χ4v) is 6.28. The molecule has 0 unspecified atom stereocenters. The normalized spacial score (nSPS) is 15.3. The summed E-state index contributed by atoms with van der Waals surface area (Å²) in [6.07, 6.45) is 0.808. The predicted molar refractivity (Wildman–Crippen MR) is 121 cm³/mol. The molecule has 1 aliphatic heterocycles. The number of aryl methyl sites for hydroxylation is 2. The van der Waals surface area contributed by atoms with Crippen molar-refractivity contribution < 1.29 is 17.7 Å². The van der Waals surface area contributed by atoms with E-state index in [0.29, 0.717) is 5.13 Å². The van der Waals surface area contributed by atoms with Crippen molar-refractivity contribution in [3.63, 3.8) is 0 Å². The topological polar surface area (TPSA) is 117 Å². The molecular formula is C21H25N5O4S2. The first-order chi connectivity index (χ1) is 15.2. The van der Waals surface area contributed by atoms with Gasteiger partial charge >= 0.3 is 0 Å². The lowest BCUT2D eigenvalue weighted by atomic mass is 10.1. The maximum atomic E-state index is 12.6. The van der Waals surface area contributed by atoms with Gasteiger partial charge in [0.2, 0.25) is 15.9 Å². The van der Waals surface area contributed by atoms with Crippen LogP contribution in [0.2, 0.25) is 0 Å². The molecule has 32 heavy (non-hydrogen) atoms. The summed E-state index contributed by atoms with van der Waals surface area (Å²) < 4.78 is 32.6. The van der Waals surface area contributed by atoms with Crippen LogP contribution >= 0.6 is 11.3 Å². The standard InChI is InChI=1S/C21H25N5O4S2/c1-13-19(15(3)30-24-13)32(28,29)25-14(2)20(27)23-21-22-17-9-10-26(12-18(17)31-21)11-16-7-5-4-6-8-16/h4-8,14,25H,9-12H2,1-3H3,(H,22,23,27)/t14-/m0/s1. The molecule has 0 saturated heterocycles. The second kappa shape index (κ2) is 9.10. The van der Waals surface area contributed by atoms with Crippen LogP contribution in [0.4, 0.5) is 5.13 Å². The highest BCUT2D eigenvalue weighted by Crippen LogP contribution is 2.29. The molecule has 4 rings (SSSR count). The minimum absolute atomic E-state index is 0.0413. The van der Waals surface area contributed by atoms with Crippen LogP contribution in [0.15, 0.2) is 39.8 Å². The number of benzene rings is 1. The van der Waals surface area contributed by atoms with Gasteiger partial charge in [0.15, 0.2) is 10.9 Å². The Bertz CT molecular complexity index is 1200. The van der Waals surface area contributed by atoms with E-state index < -0.39 is 22.0 Å². The van der Waals surface area contributed by atoms with Crippen LogP contribution in [0.5, 0.6) is 0 Å². The SMILES string of the molecule is Cc1noc(C)c1S(=O)(=O)N[C@@H](C)C(=O)Nc1nc2c(s1)CN(Cc1ccccc1)CC2. The molecule has 2 aromatic heterocycles. The number of sulfonamides is 1. The van der Waals surface area contributed by atoms with E-state index in [4.69, 9.17) is 4.52 Å². The predicted octanol–water partition coefficient (Wildman–Crippen LogP) is 2.61. The first kappa shape index (κ1) is 22.6. The molecule has 1 atom stereocenters. The molecule has 1 amide bonds. The summed E-state index contributed by atoms with van der Waals surface area (Å²) in [6, 6.07) is 9.30. The van der Waals surface area contributed by atoms with Gasteiger partial charge in [-0.15, -0.1) is 11.3 Å². The van der Waals surface area contributed by atoms with E-state index in [1.807, 2.05) is 18.2 Å². The monoisotopic (exact) mass is 475 g/mol. The van der Waals surface area contributed by atoms with Gasteiger partial charge in [0.1, 0.15) is 10.6 Å². The van der Waals surface area contributed by atoms with Gasteiger partial charge in [0, 0.05) is 30.9 Å². The molecule has 170 valence electrons. The lowest BCUT2D eigenvalue weighted by Gasteiger charge is -2.25. The van der Waals surface area contributed by atoms with Crippen molar-refractivity contribution in [3.05, 3.63) is 57.9 Å². The average molecular weight is 476 g/mol. The zero-order chi connectivity index (χ0) is 22.9. The molecule has 2 N–H and O–H groups in total. The van der Waals surface area contributed by atoms with Crippen molar-refractivity contribution in [1.82, 2.24) is 19.8 Å². The van der Waals surface area contributed by atoms with Gasteiger partial charge in [-0.3, -0.25) is 9.69 Å². The maximum Gasteiger partial charge on any atom is 0.246 e. The lowest BCUT2D eigenvalue weighted by molar-refractivity contribution is -0.117. The molecule has 3 heterocycles. The molecule has 3 aromatic rings. The number of rotatable bonds is 7. The van der Waals surface area contributed by atoms with Crippen molar-refractivity contribution in [1.29, 1.82) is 0 Å². The van der Waals surface area contributed by atoms with Crippen LogP contribution in [0.25, 0.3) is 0 Å². The smallest absolute Gasteiger partial charge is 0.246 e. The second-order valence-electron chi connectivity index (χ2n) is 7.82. The van der Waals surface area contributed by atoms with E-state index in [1.54, 1.807) is 0 Å². The zero-order valence-electron chi connectivity index (χ0n) is 18.1. The lowest BCUT2D eigenvalue weighted by Crippen LogP contribution is -2.41. The fraction of sp³-hybridized carbons (Fsp3) is 0.381. The summed E-state index contributed by atoms with van der Waals surface area (Å²) in [5.41, 5.74) is 2.49.